The second-order valence-corrected chi connectivity index (χ2v) is 6.16. The summed E-state index contributed by atoms with van der Waals surface area (Å²) in [7, 11) is 0. The molecule has 2 rings (SSSR count). The number of carboxylic acids is 1. The van der Waals surface area contributed by atoms with Gasteiger partial charge in [0.15, 0.2) is 0 Å². The lowest BCUT2D eigenvalue weighted by atomic mass is 9.85. The van der Waals surface area contributed by atoms with E-state index in [4.69, 9.17) is 5.11 Å². The number of amides is 2. The molecule has 5 heteroatoms. The van der Waals surface area contributed by atoms with E-state index in [2.05, 4.69) is 0 Å². The average molecular weight is 282 g/mol. The Kier molecular flexibility index (Phi) is 4.89. The number of hydrogen-bond donors (Lipinski definition) is 1. The molecule has 0 aromatic carbocycles. The fraction of sp³-hybridized carbons (Fsp3) is 0.867. The fourth-order valence-corrected chi connectivity index (χ4v) is 3.59. The van der Waals surface area contributed by atoms with Gasteiger partial charge in [0.2, 0.25) is 0 Å². The molecule has 1 saturated heterocycles. The van der Waals surface area contributed by atoms with Crippen LogP contribution in [-0.4, -0.2) is 52.1 Å². The molecule has 1 saturated carbocycles. The van der Waals surface area contributed by atoms with Crippen molar-refractivity contribution >= 4 is 12.0 Å². The van der Waals surface area contributed by atoms with Crippen molar-refractivity contribution in [3.8, 4) is 0 Å². The number of nitrogens with zero attached hydrogens (tertiary/aromatic N) is 2. The molecular formula is C15H26N2O3. The lowest BCUT2D eigenvalue weighted by molar-refractivity contribution is -0.138. The Morgan fingerprint density at radius 1 is 1.30 bits per heavy atom. The van der Waals surface area contributed by atoms with E-state index in [1.165, 1.54) is 24.2 Å². The van der Waals surface area contributed by atoms with E-state index in [0.29, 0.717) is 12.0 Å². The van der Waals surface area contributed by atoms with E-state index >= 15 is 0 Å². The molecule has 0 radical (unpaired) electrons. The first-order chi connectivity index (χ1) is 9.54. The van der Waals surface area contributed by atoms with E-state index in [1.807, 2.05) is 18.7 Å². The van der Waals surface area contributed by atoms with Gasteiger partial charge in [-0.15, -0.1) is 0 Å². The molecule has 0 bridgehead atoms. The smallest absolute Gasteiger partial charge is 0.323 e. The van der Waals surface area contributed by atoms with Crippen molar-refractivity contribution in [1.29, 1.82) is 0 Å². The number of carbonyl (C=O) groups excluding carboxylic acids is 1. The highest BCUT2D eigenvalue weighted by molar-refractivity contribution is 5.81. The predicted octanol–water partition coefficient (Wildman–Crippen LogP) is 2.56. The van der Waals surface area contributed by atoms with Crippen LogP contribution < -0.4 is 0 Å². The number of fused-ring (bicyclic) bond motifs is 1. The zero-order valence-corrected chi connectivity index (χ0v) is 12.5. The maximum atomic E-state index is 12.7. The third-order valence-corrected chi connectivity index (χ3v) is 4.93. The minimum Gasteiger partial charge on any atom is -0.480 e. The first kappa shape index (κ1) is 15.1. The van der Waals surface area contributed by atoms with Crippen LogP contribution in [0.4, 0.5) is 4.79 Å². The molecule has 1 heterocycles. The van der Waals surface area contributed by atoms with Crippen LogP contribution in [0.25, 0.3) is 0 Å². The number of likely N-dealkylation sites (tertiary alicyclic amines) is 1. The van der Waals surface area contributed by atoms with Gasteiger partial charge in [-0.05, 0) is 38.5 Å². The summed E-state index contributed by atoms with van der Waals surface area (Å²) in [5, 5.41) is 9.04. The second kappa shape index (κ2) is 6.46. The maximum absolute atomic E-state index is 12.7. The van der Waals surface area contributed by atoms with Crippen molar-refractivity contribution in [2.45, 2.75) is 64.5 Å². The van der Waals surface area contributed by atoms with E-state index in [0.717, 1.165) is 25.8 Å². The third-order valence-electron chi connectivity index (χ3n) is 4.93. The van der Waals surface area contributed by atoms with Gasteiger partial charge in [-0.25, -0.2) is 4.79 Å². The lowest BCUT2D eigenvalue weighted by Crippen LogP contribution is -2.51. The van der Waals surface area contributed by atoms with Crippen molar-refractivity contribution in [3.05, 3.63) is 0 Å². The normalized spacial score (nSPS) is 27.0. The van der Waals surface area contributed by atoms with Gasteiger partial charge >= 0.3 is 12.0 Å². The van der Waals surface area contributed by atoms with E-state index in [-0.39, 0.29) is 18.6 Å². The molecule has 114 valence electrons. The molecule has 1 N–H and O–H groups in total. The Hall–Kier alpha value is -1.26. The molecule has 2 aliphatic rings. The van der Waals surface area contributed by atoms with Crippen LogP contribution in [0, 0.1) is 5.92 Å². The average Bonchev–Trinajstić information content (AvgIpc) is 2.87. The van der Waals surface area contributed by atoms with Crippen molar-refractivity contribution < 1.29 is 14.7 Å². The molecule has 20 heavy (non-hydrogen) atoms. The van der Waals surface area contributed by atoms with Crippen LogP contribution >= 0.6 is 0 Å². The topological polar surface area (TPSA) is 60.9 Å². The van der Waals surface area contributed by atoms with E-state index in [9.17, 15) is 9.59 Å². The molecule has 0 aromatic heterocycles. The summed E-state index contributed by atoms with van der Waals surface area (Å²) in [6.07, 6.45) is 6.62. The van der Waals surface area contributed by atoms with Crippen LogP contribution in [0.3, 0.4) is 0 Å². The SMILES string of the molecule is CCC(C)N(CC(=O)O)C(=O)N1CCC2CCCCC21. The molecule has 3 atom stereocenters. The molecule has 0 aromatic rings. The third kappa shape index (κ3) is 3.07. The molecule has 1 aliphatic heterocycles. The second-order valence-electron chi connectivity index (χ2n) is 6.16. The van der Waals surface area contributed by atoms with E-state index in [1.54, 1.807) is 0 Å². The summed E-state index contributed by atoms with van der Waals surface area (Å²) >= 11 is 0. The highest BCUT2D eigenvalue weighted by Gasteiger charge is 2.40. The molecular weight excluding hydrogens is 256 g/mol. The van der Waals surface area contributed by atoms with Gasteiger partial charge in [0.25, 0.3) is 0 Å². The number of carboxylic acid groups (broad SMARTS) is 1. The summed E-state index contributed by atoms with van der Waals surface area (Å²) in [5.41, 5.74) is 0. The monoisotopic (exact) mass is 282 g/mol. The Labute approximate surface area is 120 Å². The van der Waals surface area contributed by atoms with Crippen molar-refractivity contribution in [1.82, 2.24) is 9.80 Å². The largest absolute Gasteiger partial charge is 0.480 e. The summed E-state index contributed by atoms with van der Waals surface area (Å²) in [4.78, 5) is 27.2. The van der Waals surface area contributed by atoms with Gasteiger partial charge in [0.1, 0.15) is 6.54 Å². The van der Waals surface area contributed by atoms with Gasteiger partial charge in [-0.3, -0.25) is 4.79 Å². The number of aliphatic carboxylic acids is 1. The Balaban J connectivity index is 2.08. The van der Waals surface area contributed by atoms with Gasteiger partial charge in [-0.1, -0.05) is 19.8 Å². The highest BCUT2D eigenvalue weighted by atomic mass is 16.4. The predicted molar refractivity (Wildman–Crippen MR) is 76.6 cm³/mol. The first-order valence-electron chi connectivity index (χ1n) is 7.83. The highest BCUT2D eigenvalue weighted by Crippen LogP contribution is 2.36. The van der Waals surface area contributed by atoms with Crippen LogP contribution in [0.1, 0.15) is 52.4 Å². The fourth-order valence-electron chi connectivity index (χ4n) is 3.59. The molecule has 5 nitrogen and oxygen atoms in total. The molecule has 2 fully saturated rings. The number of carbonyl (C=O) groups is 2. The standard InChI is InChI=1S/C15H26N2O3/c1-3-11(2)17(10-14(18)19)15(20)16-9-8-12-6-4-5-7-13(12)16/h11-13H,3-10H2,1-2H3,(H,18,19). The number of hydrogen-bond acceptors (Lipinski definition) is 2. The summed E-state index contributed by atoms with van der Waals surface area (Å²) in [5.74, 6) is -0.297. The quantitative estimate of drug-likeness (QED) is 0.862. The minimum absolute atomic E-state index is 0.0266. The van der Waals surface area contributed by atoms with Crippen LogP contribution in [-0.2, 0) is 4.79 Å². The number of urea groups is 1. The lowest BCUT2D eigenvalue weighted by Gasteiger charge is -2.37. The zero-order chi connectivity index (χ0) is 14.7. The first-order valence-corrected chi connectivity index (χ1v) is 7.83. The summed E-state index contributed by atoms with van der Waals surface area (Å²) < 4.78 is 0. The van der Waals surface area contributed by atoms with E-state index < -0.39 is 5.97 Å². The summed E-state index contributed by atoms with van der Waals surface area (Å²) in [6, 6.07) is 0.244. The van der Waals surface area contributed by atoms with Gasteiger partial charge in [0, 0.05) is 18.6 Å². The van der Waals surface area contributed by atoms with Gasteiger partial charge in [-0.2, -0.15) is 0 Å². The van der Waals surface area contributed by atoms with Gasteiger partial charge < -0.3 is 14.9 Å². The molecule has 2 amide bonds. The zero-order valence-electron chi connectivity index (χ0n) is 12.5. The Morgan fingerprint density at radius 2 is 2.00 bits per heavy atom. The number of rotatable bonds is 4. The van der Waals surface area contributed by atoms with Crippen molar-refractivity contribution in [3.63, 3.8) is 0 Å². The van der Waals surface area contributed by atoms with Crippen LogP contribution in [0.5, 0.6) is 0 Å². The van der Waals surface area contributed by atoms with Crippen LogP contribution in [0.15, 0.2) is 0 Å². The Bertz CT molecular complexity index is 372. The Morgan fingerprint density at radius 3 is 2.65 bits per heavy atom. The molecule has 0 spiro atoms. The summed E-state index contributed by atoms with van der Waals surface area (Å²) in [6.45, 7) is 4.51. The van der Waals surface area contributed by atoms with Crippen LogP contribution in [0.2, 0.25) is 0 Å². The molecule has 1 aliphatic carbocycles. The minimum atomic E-state index is -0.932. The van der Waals surface area contributed by atoms with Gasteiger partial charge in [0.05, 0.1) is 0 Å². The maximum Gasteiger partial charge on any atom is 0.323 e. The van der Waals surface area contributed by atoms with Crippen molar-refractivity contribution in [2.75, 3.05) is 13.1 Å². The molecule has 3 unspecified atom stereocenters. The van der Waals surface area contributed by atoms with Crippen molar-refractivity contribution in [2.24, 2.45) is 5.92 Å².